The van der Waals surface area contributed by atoms with Crippen molar-refractivity contribution >= 4 is 17.7 Å². The lowest BCUT2D eigenvalue weighted by atomic mass is 10.1. The van der Waals surface area contributed by atoms with Gasteiger partial charge in [-0.2, -0.15) is 13.2 Å². The predicted octanol–water partition coefficient (Wildman–Crippen LogP) is 3.24. The van der Waals surface area contributed by atoms with Crippen molar-refractivity contribution in [2.24, 2.45) is 0 Å². The molecule has 150 valence electrons. The van der Waals surface area contributed by atoms with E-state index in [0.29, 0.717) is 31.9 Å². The Morgan fingerprint density at radius 1 is 1.19 bits per heavy atom. The molecular formula is C18H24F3N3O3. The van der Waals surface area contributed by atoms with E-state index in [2.05, 4.69) is 10.6 Å². The molecule has 0 saturated carbocycles. The second-order valence-corrected chi connectivity index (χ2v) is 6.29. The lowest BCUT2D eigenvalue weighted by molar-refractivity contribution is -0.137. The summed E-state index contributed by atoms with van der Waals surface area (Å²) in [5.41, 5.74) is -0.424. The van der Waals surface area contributed by atoms with Gasteiger partial charge in [0.05, 0.1) is 12.2 Å². The van der Waals surface area contributed by atoms with Crippen molar-refractivity contribution in [1.82, 2.24) is 10.2 Å². The Labute approximate surface area is 156 Å². The van der Waals surface area contributed by atoms with Crippen LogP contribution in [-0.4, -0.2) is 49.2 Å². The van der Waals surface area contributed by atoms with Crippen molar-refractivity contribution in [2.45, 2.75) is 38.4 Å². The molecule has 0 aromatic heterocycles. The van der Waals surface area contributed by atoms with Crippen LogP contribution in [0.25, 0.3) is 0 Å². The molecule has 9 heteroatoms. The molecule has 0 atom stereocenters. The lowest BCUT2D eigenvalue weighted by Crippen LogP contribution is -2.45. The monoisotopic (exact) mass is 387 g/mol. The highest BCUT2D eigenvalue weighted by molar-refractivity contribution is 5.90. The Kier molecular flexibility index (Phi) is 7.46. The minimum absolute atomic E-state index is 0.207. The summed E-state index contributed by atoms with van der Waals surface area (Å²) in [5, 5.41) is 5.85. The first-order chi connectivity index (χ1) is 12.8. The molecule has 0 radical (unpaired) electrons. The average Bonchev–Trinajstić information content (AvgIpc) is 2.62. The molecule has 27 heavy (non-hydrogen) atoms. The molecule has 0 aliphatic carbocycles. The van der Waals surface area contributed by atoms with Crippen LogP contribution in [0.5, 0.6) is 0 Å². The number of nitrogens with zero attached hydrogens (tertiary/aromatic N) is 1. The molecule has 6 nitrogen and oxygen atoms in total. The van der Waals surface area contributed by atoms with Gasteiger partial charge in [-0.1, -0.05) is 0 Å². The number of amides is 2. The fourth-order valence-electron chi connectivity index (χ4n) is 2.84. The zero-order valence-electron chi connectivity index (χ0n) is 15.1. The number of hydrogen-bond donors (Lipinski definition) is 2. The number of piperidine rings is 1. The van der Waals surface area contributed by atoms with Crippen LogP contribution in [0.4, 0.5) is 23.7 Å². The predicted molar refractivity (Wildman–Crippen MR) is 94.3 cm³/mol. The van der Waals surface area contributed by atoms with Crippen molar-refractivity contribution in [1.29, 1.82) is 0 Å². The summed E-state index contributed by atoms with van der Waals surface area (Å²) in [5.74, 6) is -0.272. The standard InChI is InChI=1S/C18H24F3N3O3/c1-2-27-17(26)24-11-8-14(9-12-24)22-10-7-16(25)23-15-5-3-13(4-6-15)18(19,20)21/h3-6,14,22H,2,7-12H2,1H3,(H,23,25). The first-order valence-electron chi connectivity index (χ1n) is 8.91. The maximum absolute atomic E-state index is 12.5. The Balaban J connectivity index is 1.66. The molecule has 1 saturated heterocycles. The summed E-state index contributed by atoms with van der Waals surface area (Å²) in [6.07, 6.45) is -2.93. The highest BCUT2D eigenvalue weighted by Gasteiger charge is 2.30. The van der Waals surface area contributed by atoms with E-state index in [9.17, 15) is 22.8 Å². The van der Waals surface area contributed by atoms with Gasteiger partial charge in [0.1, 0.15) is 0 Å². The Morgan fingerprint density at radius 2 is 1.81 bits per heavy atom. The largest absolute Gasteiger partial charge is 0.450 e. The topological polar surface area (TPSA) is 70.7 Å². The number of nitrogens with one attached hydrogen (secondary N) is 2. The zero-order valence-corrected chi connectivity index (χ0v) is 15.1. The van der Waals surface area contributed by atoms with E-state index < -0.39 is 11.7 Å². The van der Waals surface area contributed by atoms with E-state index in [-0.39, 0.29) is 24.5 Å². The van der Waals surface area contributed by atoms with E-state index in [0.717, 1.165) is 25.0 Å². The van der Waals surface area contributed by atoms with Crippen LogP contribution in [0, 0.1) is 0 Å². The number of halogens is 3. The van der Waals surface area contributed by atoms with Crippen molar-refractivity contribution in [3.05, 3.63) is 29.8 Å². The van der Waals surface area contributed by atoms with Crippen LogP contribution in [0.2, 0.25) is 0 Å². The van der Waals surface area contributed by atoms with Crippen LogP contribution in [0.15, 0.2) is 24.3 Å². The number of alkyl halides is 3. The third-order valence-electron chi connectivity index (χ3n) is 4.30. The smallest absolute Gasteiger partial charge is 0.416 e. The summed E-state index contributed by atoms with van der Waals surface area (Å²) in [7, 11) is 0. The number of likely N-dealkylation sites (tertiary alicyclic amines) is 1. The SMILES string of the molecule is CCOC(=O)N1CCC(NCCC(=O)Nc2ccc(C(F)(F)F)cc2)CC1. The summed E-state index contributed by atoms with van der Waals surface area (Å²) in [6.45, 7) is 3.78. The van der Waals surface area contributed by atoms with E-state index >= 15 is 0 Å². The molecule has 1 aliphatic rings. The number of benzene rings is 1. The molecule has 0 bridgehead atoms. The summed E-state index contributed by atoms with van der Waals surface area (Å²) < 4.78 is 42.5. The van der Waals surface area contributed by atoms with E-state index in [1.807, 2.05) is 0 Å². The summed E-state index contributed by atoms with van der Waals surface area (Å²) in [4.78, 5) is 25.2. The number of anilines is 1. The van der Waals surface area contributed by atoms with Crippen molar-refractivity contribution in [2.75, 3.05) is 31.6 Å². The van der Waals surface area contributed by atoms with E-state index in [1.54, 1.807) is 11.8 Å². The number of carbonyl (C=O) groups is 2. The van der Waals surface area contributed by atoms with Gasteiger partial charge in [0.2, 0.25) is 5.91 Å². The number of hydrogen-bond acceptors (Lipinski definition) is 4. The highest BCUT2D eigenvalue weighted by Crippen LogP contribution is 2.29. The van der Waals surface area contributed by atoms with Crippen LogP contribution in [0.1, 0.15) is 31.7 Å². The van der Waals surface area contributed by atoms with Gasteiger partial charge in [0.25, 0.3) is 0 Å². The Morgan fingerprint density at radius 3 is 2.37 bits per heavy atom. The first kappa shape index (κ1) is 21.0. The van der Waals surface area contributed by atoms with E-state index in [1.165, 1.54) is 12.1 Å². The Hall–Kier alpha value is -2.29. The normalized spacial score (nSPS) is 15.5. The average molecular weight is 387 g/mol. The third kappa shape index (κ3) is 6.74. The molecule has 1 aromatic rings. The lowest BCUT2D eigenvalue weighted by Gasteiger charge is -2.31. The van der Waals surface area contributed by atoms with Crippen LogP contribution >= 0.6 is 0 Å². The molecule has 1 fully saturated rings. The number of carbonyl (C=O) groups excluding carboxylic acids is 2. The molecule has 2 amide bonds. The van der Waals surface area contributed by atoms with E-state index in [4.69, 9.17) is 4.74 Å². The molecule has 0 unspecified atom stereocenters. The van der Waals surface area contributed by atoms with Gasteiger partial charge in [-0.3, -0.25) is 4.79 Å². The van der Waals surface area contributed by atoms with Crippen molar-refractivity contribution in [3.8, 4) is 0 Å². The number of rotatable bonds is 6. The fourth-order valence-corrected chi connectivity index (χ4v) is 2.84. The Bertz CT molecular complexity index is 627. The molecule has 2 rings (SSSR count). The zero-order chi connectivity index (χ0) is 19.9. The maximum Gasteiger partial charge on any atom is 0.416 e. The quantitative estimate of drug-likeness (QED) is 0.786. The summed E-state index contributed by atoms with van der Waals surface area (Å²) in [6, 6.07) is 4.56. The third-order valence-corrected chi connectivity index (χ3v) is 4.30. The van der Waals surface area contributed by atoms with Gasteiger partial charge in [0.15, 0.2) is 0 Å². The number of ether oxygens (including phenoxy) is 1. The van der Waals surface area contributed by atoms with Crippen molar-refractivity contribution in [3.63, 3.8) is 0 Å². The van der Waals surface area contributed by atoms with Gasteiger partial charge in [-0.05, 0) is 44.0 Å². The molecular weight excluding hydrogens is 363 g/mol. The van der Waals surface area contributed by atoms with Gasteiger partial charge in [-0.15, -0.1) is 0 Å². The molecule has 0 spiro atoms. The minimum Gasteiger partial charge on any atom is -0.450 e. The van der Waals surface area contributed by atoms with Gasteiger partial charge < -0.3 is 20.3 Å². The van der Waals surface area contributed by atoms with Gasteiger partial charge >= 0.3 is 12.3 Å². The van der Waals surface area contributed by atoms with Gasteiger partial charge in [0, 0.05) is 37.8 Å². The molecule has 1 aromatic carbocycles. The maximum atomic E-state index is 12.5. The molecule has 1 aliphatic heterocycles. The highest BCUT2D eigenvalue weighted by atomic mass is 19.4. The first-order valence-corrected chi connectivity index (χ1v) is 8.91. The van der Waals surface area contributed by atoms with Crippen LogP contribution in [0.3, 0.4) is 0 Å². The van der Waals surface area contributed by atoms with Crippen molar-refractivity contribution < 1.29 is 27.5 Å². The molecule has 1 heterocycles. The van der Waals surface area contributed by atoms with Gasteiger partial charge in [-0.25, -0.2) is 4.79 Å². The second kappa shape index (κ2) is 9.59. The van der Waals surface area contributed by atoms with Crippen LogP contribution in [-0.2, 0) is 15.7 Å². The summed E-state index contributed by atoms with van der Waals surface area (Å²) >= 11 is 0. The molecule has 2 N–H and O–H groups in total. The fraction of sp³-hybridized carbons (Fsp3) is 0.556. The second-order valence-electron chi connectivity index (χ2n) is 6.29. The minimum atomic E-state index is -4.39. The van der Waals surface area contributed by atoms with Crippen LogP contribution < -0.4 is 10.6 Å².